The summed E-state index contributed by atoms with van der Waals surface area (Å²) in [6.07, 6.45) is 0.903. The molecule has 0 unspecified atom stereocenters. The number of amides is 2. The highest BCUT2D eigenvalue weighted by atomic mass is 32.1. The van der Waals surface area contributed by atoms with Gasteiger partial charge in [0.05, 0.1) is 6.54 Å². The molecule has 2 aliphatic heterocycles. The molecule has 2 saturated heterocycles. The van der Waals surface area contributed by atoms with E-state index in [9.17, 15) is 9.59 Å². The summed E-state index contributed by atoms with van der Waals surface area (Å²) in [6, 6.07) is 11.6. The zero-order valence-corrected chi connectivity index (χ0v) is 18.2. The van der Waals surface area contributed by atoms with Crippen LogP contribution in [0.1, 0.15) is 22.3 Å². The van der Waals surface area contributed by atoms with Gasteiger partial charge in [0.25, 0.3) is 5.91 Å². The van der Waals surface area contributed by atoms with E-state index >= 15 is 0 Å². The second-order valence-corrected chi connectivity index (χ2v) is 8.86. The molecule has 2 aromatic rings. The summed E-state index contributed by atoms with van der Waals surface area (Å²) < 4.78 is 0. The molecule has 2 amide bonds. The van der Waals surface area contributed by atoms with E-state index in [1.807, 2.05) is 40.1 Å². The Kier molecular flexibility index (Phi) is 7.15. The molecule has 0 radical (unpaired) electrons. The molecule has 0 spiro atoms. The summed E-state index contributed by atoms with van der Waals surface area (Å²) in [5.74, 6) is 0.304. The molecular weight excluding hydrogens is 396 g/mol. The van der Waals surface area contributed by atoms with E-state index in [0.717, 1.165) is 64.3 Å². The Morgan fingerprint density at radius 2 is 1.53 bits per heavy atom. The van der Waals surface area contributed by atoms with Crippen LogP contribution in [0, 0.1) is 0 Å². The minimum absolute atomic E-state index is 0.0884. The van der Waals surface area contributed by atoms with Crippen molar-refractivity contribution >= 4 is 23.2 Å². The van der Waals surface area contributed by atoms with Crippen LogP contribution in [0.15, 0.2) is 47.2 Å². The van der Waals surface area contributed by atoms with Crippen LogP contribution >= 0.6 is 11.3 Å². The van der Waals surface area contributed by atoms with Gasteiger partial charge < -0.3 is 9.80 Å². The minimum Gasteiger partial charge on any atom is -0.339 e. The van der Waals surface area contributed by atoms with Crippen LogP contribution in [-0.2, 0) is 11.3 Å². The lowest BCUT2D eigenvalue weighted by Gasteiger charge is -2.35. The maximum Gasteiger partial charge on any atom is 0.253 e. The van der Waals surface area contributed by atoms with Crippen molar-refractivity contribution in [1.82, 2.24) is 19.6 Å². The van der Waals surface area contributed by atoms with Crippen LogP contribution in [0.5, 0.6) is 0 Å². The molecule has 30 heavy (non-hydrogen) atoms. The first-order valence-electron chi connectivity index (χ1n) is 10.8. The largest absolute Gasteiger partial charge is 0.339 e. The van der Waals surface area contributed by atoms with Crippen LogP contribution < -0.4 is 0 Å². The molecule has 0 saturated carbocycles. The zero-order valence-electron chi connectivity index (χ0n) is 17.4. The van der Waals surface area contributed by atoms with E-state index in [4.69, 9.17) is 0 Å². The number of hydrogen-bond donors (Lipinski definition) is 0. The predicted octanol–water partition coefficient (Wildman–Crippen LogP) is 2.24. The number of hydrogen-bond acceptors (Lipinski definition) is 5. The van der Waals surface area contributed by atoms with Gasteiger partial charge in [-0.2, -0.15) is 11.3 Å². The zero-order chi connectivity index (χ0) is 20.8. The summed E-state index contributed by atoms with van der Waals surface area (Å²) in [5, 5.41) is 4.31. The molecule has 4 rings (SSSR count). The Bertz CT molecular complexity index is 819. The van der Waals surface area contributed by atoms with Crippen molar-refractivity contribution < 1.29 is 9.59 Å². The summed E-state index contributed by atoms with van der Waals surface area (Å²) in [6.45, 7) is 7.94. The van der Waals surface area contributed by atoms with E-state index in [-0.39, 0.29) is 11.8 Å². The van der Waals surface area contributed by atoms with Gasteiger partial charge in [-0.25, -0.2) is 0 Å². The number of benzene rings is 1. The van der Waals surface area contributed by atoms with Crippen LogP contribution in [0.4, 0.5) is 0 Å². The first-order chi connectivity index (χ1) is 14.7. The Morgan fingerprint density at radius 3 is 2.27 bits per heavy atom. The SMILES string of the molecule is O=C(CN1CCCN(C(=O)c2ccccc2)CC1)N1CCN(Cc2ccsc2)CC1. The highest BCUT2D eigenvalue weighted by Crippen LogP contribution is 2.13. The standard InChI is InChI=1S/C23H30N4O2S/c28-22(26-13-10-25(11-14-26)17-20-7-16-30-19-20)18-24-8-4-9-27(15-12-24)23(29)21-5-2-1-3-6-21/h1-3,5-7,16,19H,4,8-15,17-18H2. The molecular formula is C23H30N4O2S. The van der Waals surface area contributed by atoms with E-state index < -0.39 is 0 Å². The second-order valence-electron chi connectivity index (χ2n) is 8.08. The Morgan fingerprint density at radius 1 is 0.800 bits per heavy atom. The van der Waals surface area contributed by atoms with E-state index in [1.54, 1.807) is 11.3 Å². The summed E-state index contributed by atoms with van der Waals surface area (Å²) in [5.41, 5.74) is 2.10. The third-order valence-electron chi connectivity index (χ3n) is 5.97. The van der Waals surface area contributed by atoms with Gasteiger partial charge in [-0.3, -0.25) is 19.4 Å². The van der Waals surface area contributed by atoms with Crippen LogP contribution in [0.3, 0.4) is 0 Å². The van der Waals surface area contributed by atoms with E-state index in [1.165, 1.54) is 5.56 Å². The number of carbonyl (C=O) groups excluding carboxylic acids is 2. The lowest BCUT2D eigenvalue weighted by molar-refractivity contribution is -0.134. The van der Waals surface area contributed by atoms with E-state index in [2.05, 4.69) is 26.6 Å². The van der Waals surface area contributed by atoms with Crippen molar-refractivity contribution in [1.29, 1.82) is 0 Å². The van der Waals surface area contributed by atoms with Gasteiger partial charge in [-0.05, 0) is 40.9 Å². The molecule has 2 fully saturated rings. The van der Waals surface area contributed by atoms with Crippen LogP contribution in [-0.4, -0.2) is 90.3 Å². The number of nitrogens with zero attached hydrogens (tertiary/aromatic N) is 4. The number of piperazine rings is 1. The highest BCUT2D eigenvalue weighted by Gasteiger charge is 2.25. The molecule has 2 aliphatic rings. The number of rotatable bonds is 5. The molecule has 0 N–H and O–H groups in total. The first-order valence-corrected chi connectivity index (χ1v) is 11.7. The Hall–Kier alpha value is -2.22. The molecule has 0 aliphatic carbocycles. The average Bonchev–Trinajstić information content (AvgIpc) is 3.18. The fraction of sp³-hybridized carbons (Fsp3) is 0.478. The van der Waals surface area contributed by atoms with Crippen molar-refractivity contribution in [3.63, 3.8) is 0 Å². The lowest BCUT2D eigenvalue weighted by atomic mass is 10.2. The monoisotopic (exact) mass is 426 g/mol. The van der Waals surface area contributed by atoms with Gasteiger partial charge in [-0.1, -0.05) is 18.2 Å². The minimum atomic E-state index is 0.0884. The molecule has 160 valence electrons. The summed E-state index contributed by atoms with van der Waals surface area (Å²) in [4.78, 5) is 34.1. The fourth-order valence-electron chi connectivity index (χ4n) is 4.18. The van der Waals surface area contributed by atoms with Gasteiger partial charge in [0.2, 0.25) is 5.91 Å². The van der Waals surface area contributed by atoms with Crippen molar-refractivity contribution in [3.8, 4) is 0 Å². The summed E-state index contributed by atoms with van der Waals surface area (Å²) >= 11 is 1.73. The molecule has 7 heteroatoms. The summed E-state index contributed by atoms with van der Waals surface area (Å²) in [7, 11) is 0. The van der Waals surface area contributed by atoms with Gasteiger partial charge in [0.15, 0.2) is 0 Å². The molecule has 1 aromatic carbocycles. The number of thiophene rings is 1. The second kappa shape index (κ2) is 10.2. The molecule has 0 bridgehead atoms. The Balaban J connectivity index is 1.22. The smallest absolute Gasteiger partial charge is 0.253 e. The third kappa shape index (κ3) is 5.47. The van der Waals surface area contributed by atoms with Crippen LogP contribution in [0.25, 0.3) is 0 Å². The van der Waals surface area contributed by atoms with Gasteiger partial charge >= 0.3 is 0 Å². The fourth-order valence-corrected chi connectivity index (χ4v) is 4.84. The Labute approximate surface area is 182 Å². The predicted molar refractivity (Wildman–Crippen MR) is 120 cm³/mol. The van der Waals surface area contributed by atoms with Crippen molar-refractivity contribution in [2.75, 3.05) is 58.9 Å². The highest BCUT2D eigenvalue weighted by molar-refractivity contribution is 7.07. The average molecular weight is 427 g/mol. The van der Waals surface area contributed by atoms with Crippen molar-refractivity contribution in [3.05, 3.63) is 58.3 Å². The third-order valence-corrected chi connectivity index (χ3v) is 6.70. The first kappa shape index (κ1) is 21.0. The lowest BCUT2D eigenvalue weighted by Crippen LogP contribution is -2.51. The van der Waals surface area contributed by atoms with E-state index in [0.29, 0.717) is 13.1 Å². The molecule has 0 atom stereocenters. The van der Waals surface area contributed by atoms with Gasteiger partial charge in [0, 0.05) is 64.5 Å². The normalized spacial score (nSPS) is 18.9. The van der Waals surface area contributed by atoms with Gasteiger partial charge in [-0.15, -0.1) is 0 Å². The van der Waals surface area contributed by atoms with Crippen LogP contribution in [0.2, 0.25) is 0 Å². The molecule has 3 heterocycles. The van der Waals surface area contributed by atoms with Crippen molar-refractivity contribution in [2.45, 2.75) is 13.0 Å². The maximum atomic E-state index is 12.8. The molecule has 1 aromatic heterocycles. The maximum absolute atomic E-state index is 12.8. The topological polar surface area (TPSA) is 47.1 Å². The molecule has 6 nitrogen and oxygen atoms in total. The number of carbonyl (C=O) groups is 2. The van der Waals surface area contributed by atoms with Crippen molar-refractivity contribution in [2.24, 2.45) is 0 Å². The quantitative estimate of drug-likeness (QED) is 0.736. The van der Waals surface area contributed by atoms with Gasteiger partial charge in [0.1, 0.15) is 0 Å².